The van der Waals surface area contributed by atoms with Crippen LogP contribution in [0.15, 0.2) is 4.99 Å². The average molecular weight is 480 g/mol. The smallest absolute Gasteiger partial charge is 0.191 e. The summed E-state index contributed by atoms with van der Waals surface area (Å²) in [5, 5.41) is 7.20. The van der Waals surface area contributed by atoms with E-state index in [1.165, 1.54) is 38.8 Å². The van der Waals surface area contributed by atoms with Gasteiger partial charge in [-0.2, -0.15) is 0 Å². The molecule has 0 amide bonds. The molecular formula is C20H41IN4O. The highest BCUT2D eigenvalue weighted by molar-refractivity contribution is 14.0. The van der Waals surface area contributed by atoms with Crippen molar-refractivity contribution in [3.63, 3.8) is 0 Å². The van der Waals surface area contributed by atoms with Gasteiger partial charge in [0.15, 0.2) is 5.96 Å². The van der Waals surface area contributed by atoms with Crippen LogP contribution < -0.4 is 10.6 Å². The van der Waals surface area contributed by atoms with Crippen LogP contribution in [0.4, 0.5) is 0 Å². The number of nitrogens with zero attached hydrogens (tertiary/aromatic N) is 2. The van der Waals surface area contributed by atoms with Crippen molar-refractivity contribution in [3.05, 3.63) is 0 Å². The third-order valence-electron chi connectivity index (χ3n) is 5.65. The lowest BCUT2D eigenvalue weighted by Crippen LogP contribution is -2.52. The van der Waals surface area contributed by atoms with E-state index in [9.17, 15) is 0 Å². The molecule has 0 spiro atoms. The second-order valence-electron chi connectivity index (χ2n) is 9.06. The highest BCUT2D eigenvalue weighted by atomic mass is 127. The number of piperidine rings is 1. The summed E-state index contributed by atoms with van der Waals surface area (Å²) in [6.07, 6.45) is 5.10. The summed E-state index contributed by atoms with van der Waals surface area (Å²) in [5.41, 5.74) is 0.188. The monoisotopic (exact) mass is 480 g/mol. The lowest BCUT2D eigenvalue weighted by Gasteiger charge is -2.40. The van der Waals surface area contributed by atoms with E-state index >= 15 is 0 Å². The summed E-state index contributed by atoms with van der Waals surface area (Å²) < 4.78 is 6.10. The van der Waals surface area contributed by atoms with Gasteiger partial charge < -0.3 is 20.3 Å². The molecule has 2 aliphatic heterocycles. The summed E-state index contributed by atoms with van der Waals surface area (Å²) in [6, 6.07) is 1.18. The standard InChI is InChI=1S/C20H40N4O.HI/c1-15(2)24-11-9-17(10-12-24)23-19(21-6)22-14-16-8-7-13-25-18(16)20(3,4)5;/h15-18H,7-14H2,1-6H3,(H2,21,22,23);1H. The highest BCUT2D eigenvalue weighted by Gasteiger charge is 2.35. The minimum atomic E-state index is 0. The van der Waals surface area contributed by atoms with Crippen molar-refractivity contribution in [1.82, 2.24) is 15.5 Å². The zero-order valence-electron chi connectivity index (χ0n) is 17.7. The van der Waals surface area contributed by atoms with Gasteiger partial charge in [-0.05, 0) is 44.9 Å². The van der Waals surface area contributed by atoms with Crippen LogP contribution in [0.3, 0.4) is 0 Å². The fourth-order valence-corrected chi connectivity index (χ4v) is 4.19. The number of halogens is 1. The summed E-state index contributed by atoms with van der Waals surface area (Å²) in [4.78, 5) is 7.01. The topological polar surface area (TPSA) is 48.9 Å². The van der Waals surface area contributed by atoms with Crippen LogP contribution in [0, 0.1) is 11.3 Å². The van der Waals surface area contributed by atoms with Crippen LogP contribution in [0.5, 0.6) is 0 Å². The summed E-state index contributed by atoms with van der Waals surface area (Å²) in [6.45, 7) is 15.6. The maximum atomic E-state index is 6.10. The zero-order chi connectivity index (χ0) is 18.4. The number of ether oxygens (including phenoxy) is 1. The number of aliphatic imine (C=N–C) groups is 1. The molecule has 2 N–H and O–H groups in total. The molecule has 26 heavy (non-hydrogen) atoms. The molecule has 0 bridgehead atoms. The lowest BCUT2D eigenvalue weighted by atomic mass is 9.78. The second-order valence-corrected chi connectivity index (χ2v) is 9.06. The Morgan fingerprint density at radius 2 is 1.85 bits per heavy atom. The predicted molar refractivity (Wildman–Crippen MR) is 122 cm³/mol. The minimum Gasteiger partial charge on any atom is -0.377 e. The van der Waals surface area contributed by atoms with Crippen LogP contribution in [-0.2, 0) is 4.74 Å². The van der Waals surface area contributed by atoms with E-state index in [1.807, 2.05) is 7.05 Å². The first-order chi connectivity index (χ1) is 11.8. The first kappa shape index (κ1) is 24.0. The fourth-order valence-electron chi connectivity index (χ4n) is 4.19. The molecule has 0 aromatic rings. The first-order valence-electron chi connectivity index (χ1n) is 10.1. The maximum absolute atomic E-state index is 6.10. The van der Waals surface area contributed by atoms with Crippen molar-refractivity contribution < 1.29 is 4.74 Å². The molecular weight excluding hydrogens is 439 g/mol. The Morgan fingerprint density at radius 3 is 2.38 bits per heavy atom. The van der Waals surface area contributed by atoms with Crippen molar-refractivity contribution in [3.8, 4) is 0 Å². The molecule has 2 heterocycles. The Hall–Kier alpha value is -0.0800. The van der Waals surface area contributed by atoms with Crippen molar-refractivity contribution in [2.45, 2.75) is 78.5 Å². The molecule has 5 nitrogen and oxygen atoms in total. The molecule has 2 aliphatic rings. The summed E-state index contributed by atoms with van der Waals surface area (Å²) in [5.74, 6) is 1.50. The van der Waals surface area contributed by atoms with E-state index in [1.54, 1.807) is 0 Å². The number of likely N-dealkylation sites (tertiary alicyclic amines) is 1. The highest BCUT2D eigenvalue weighted by Crippen LogP contribution is 2.33. The molecule has 0 aliphatic carbocycles. The van der Waals surface area contributed by atoms with Crippen molar-refractivity contribution in [1.29, 1.82) is 0 Å². The van der Waals surface area contributed by atoms with Gasteiger partial charge >= 0.3 is 0 Å². The second kappa shape index (κ2) is 11.1. The maximum Gasteiger partial charge on any atom is 0.191 e. The molecule has 0 aromatic heterocycles. The molecule has 0 aromatic carbocycles. The average Bonchev–Trinajstić information content (AvgIpc) is 2.58. The molecule has 2 atom stereocenters. The molecule has 2 saturated heterocycles. The molecule has 0 radical (unpaired) electrons. The number of guanidine groups is 1. The van der Waals surface area contributed by atoms with Gasteiger partial charge in [0, 0.05) is 51.3 Å². The Morgan fingerprint density at radius 1 is 1.19 bits per heavy atom. The number of rotatable bonds is 4. The van der Waals surface area contributed by atoms with E-state index in [2.05, 4.69) is 55.1 Å². The third-order valence-corrected chi connectivity index (χ3v) is 5.65. The fraction of sp³-hybridized carbons (Fsp3) is 0.950. The molecule has 154 valence electrons. The Labute approximate surface area is 178 Å². The van der Waals surface area contributed by atoms with Gasteiger partial charge in [-0.1, -0.05) is 20.8 Å². The van der Waals surface area contributed by atoms with Crippen molar-refractivity contribution in [2.24, 2.45) is 16.3 Å². The molecule has 2 unspecified atom stereocenters. The molecule has 2 rings (SSSR count). The molecule has 6 heteroatoms. The van der Waals surface area contributed by atoms with E-state index in [-0.39, 0.29) is 29.4 Å². The van der Waals surface area contributed by atoms with Gasteiger partial charge in [-0.3, -0.25) is 4.99 Å². The molecule has 2 fully saturated rings. The van der Waals surface area contributed by atoms with E-state index in [4.69, 9.17) is 4.74 Å². The van der Waals surface area contributed by atoms with Crippen LogP contribution in [0.25, 0.3) is 0 Å². The zero-order valence-corrected chi connectivity index (χ0v) is 20.0. The predicted octanol–water partition coefficient (Wildman–Crippen LogP) is 3.48. The summed E-state index contributed by atoms with van der Waals surface area (Å²) in [7, 11) is 1.87. The van der Waals surface area contributed by atoms with Gasteiger partial charge in [0.25, 0.3) is 0 Å². The Bertz CT molecular complexity index is 428. The third kappa shape index (κ3) is 7.15. The van der Waals surface area contributed by atoms with Crippen molar-refractivity contribution in [2.75, 3.05) is 33.3 Å². The van der Waals surface area contributed by atoms with E-state index in [0.717, 1.165) is 19.1 Å². The largest absolute Gasteiger partial charge is 0.377 e. The van der Waals surface area contributed by atoms with Crippen LogP contribution in [0.1, 0.15) is 60.3 Å². The van der Waals surface area contributed by atoms with E-state index in [0.29, 0.717) is 24.1 Å². The molecule has 0 saturated carbocycles. The lowest BCUT2D eigenvalue weighted by molar-refractivity contribution is -0.0835. The quantitative estimate of drug-likeness (QED) is 0.368. The SMILES string of the molecule is CN=C(NCC1CCCOC1C(C)(C)C)NC1CCN(C(C)C)CC1.I. The Kier molecular flexibility index (Phi) is 10.2. The number of hydrogen-bond donors (Lipinski definition) is 2. The van der Waals surface area contributed by atoms with Gasteiger partial charge in [-0.25, -0.2) is 0 Å². The van der Waals surface area contributed by atoms with Crippen LogP contribution >= 0.6 is 24.0 Å². The van der Waals surface area contributed by atoms with E-state index < -0.39 is 0 Å². The number of hydrogen-bond acceptors (Lipinski definition) is 3. The van der Waals surface area contributed by atoms with Crippen LogP contribution in [0.2, 0.25) is 0 Å². The van der Waals surface area contributed by atoms with Gasteiger partial charge in [0.1, 0.15) is 0 Å². The number of nitrogens with one attached hydrogen (secondary N) is 2. The first-order valence-corrected chi connectivity index (χ1v) is 10.1. The van der Waals surface area contributed by atoms with Gasteiger partial charge in [0.2, 0.25) is 0 Å². The van der Waals surface area contributed by atoms with Gasteiger partial charge in [-0.15, -0.1) is 24.0 Å². The van der Waals surface area contributed by atoms with Crippen LogP contribution in [-0.4, -0.2) is 62.3 Å². The normalized spacial score (nSPS) is 26.5. The van der Waals surface area contributed by atoms with Gasteiger partial charge in [0.05, 0.1) is 6.10 Å². The minimum absolute atomic E-state index is 0. The van der Waals surface area contributed by atoms with Crippen molar-refractivity contribution >= 4 is 29.9 Å². The summed E-state index contributed by atoms with van der Waals surface area (Å²) >= 11 is 0. The Balaban J connectivity index is 0.00000338.